The van der Waals surface area contributed by atoms with Crippen LogP contribution in [0.4, 0.5) is 0 Å². The van der Waals surface area contributed by atoms with Gasteiger partial charge in [-0.25, -0.2) is 0 Å². The normalized spacial score (nSPS) is 21.9. The molecule has 21 heavy (non-hydrogen) atoms. The summed E-state index contributed by atoms with van der Waals surface area (Å²) in [5, 5.41) is 3.72. The molecule has 0 aromatic heterocycles. The first-order chi connectivity index (χ1) is 10.1. The number of hydrogen-bond donors (Lipinski definition) is 1. The van der Waals surface area contributed by atoms with Crippen molar-refractivity contribution >= 4 is 17.5 Å². The first-order valence-electron chi connectivity index (χ1n) is 7.74. The van der Waals surface area contributed by atoms with Crippen LogP contribution in [0.3, 0.4) is 0 Å². The largest absolute Gasteiger partial charge is 0.497 e. The summed E-state index contributed by atoms with van der Waals surface area (Å²) in [4.78, 5) is 12.1. The topological polar surface area (TPSA) is 38.3 Å². The second-order valence-electron chi connectivity index (χ2n) is 5.83. The average molecular weight is 310 g/mol. The van der Waals surface area contributed by atoms with Crippen LogP contribution in [-0.4, -0.2) is 19.1 Å². The van der Waals surface area contributed by atoms with E-state index in [9.17, 15) is 4.79 Å². The third-order valence-electron chi connectivity index (χ3n) is 4.40. The summed E-state index contributed by atoms with van der Waals surface area (Å²) >= 11 is 6.17. The van der Waals surface area contributed by atoms with Crippen molar-refractivity contribution in [1.82, 2.24) is 5.32 Å². The van der Waals surface area contributed by atoms with Crippen molar-refractivity contribution in [2.24, 2.45) is 5.92 Å². The third kappa shape index (κ3) is 4.63. The molecule has 1 amide bonds. The number of carbonyl (C=O) groups excluding carboxylic acids is 1. The first-order valence-corrected chi connectivity index (χ1v) is 8.12. The summed E-state index contributed by atoms with van der Waals surface area (Å²) in [5.74, 6) is 1.61. The second kappa shape index (κ2) is 7.69. The van der Waals surface area contributed by atoms with Crippen molar-refractivity contribution in [3.63, 3.8) is 0 Å². The number of benzene rings is 1. The molecule has 1 aromatic rings. The molecule has 0 radical (unpaired) electrons. The van der Waals surface area contributed by atoms with E-state index in [1.54, 1.807) is 13.2 Å². The quantitative estimate of drug-likeness (QED) is 0.893. The fourth-order valence-electron chi connectivity index (χ4n) is 2.97. The lowest BCUT2D eigenvalue weighted by Gasteiger charge is -2.28. The van der Waals surface area contributed by atoms with Gasteiger partial charge >= 0.3 is 0 Å². The predicted octanol–water partition coefficient (Wildman–Crippen LogP) is 3.98. The Morgan fingerprint density at radius 1 is 1.33 bits per heavy atom. The van der Waals surface area contributed by atoms with E-state index in [0.717, 1.165) is 24.3 Å². The molecule has 1 saturated carbocycles. The van der Waals surface area contributed by atoms with Crippen LogP contribution in [0.5, 0.6) is 5.75 Å². The van der Waals surface area contributed by atoms with Gasteiger partial charge in [-0.3, -0.25) is 4.79 Å². The molecule has 0 unspecified atom stereocenters. The molecule has 0 heterocycles. The molecule has 3 nitrogen and oxygen atoms in total. The van der Waals surface area contributed by atoms with E-state index in [1.165, 1.54) is 19.3 Å². The molecule has 4 heteroatoms. The Morgan fingerprint density at radius 3 is 2.62 bits per heavy atom. The molecule has 2 rings (SSSR count). The summed E-state index contributed by atoms with van der Waals surface area (Å²) in [7, 11) is 1.60. The Kier molecular flexibility index (Phi) is 5.92. The van der Waals surface area contributed by atoms with Crippen LogP contribution in [0.2, 0.25) is 5.02 Å². The molecule has 0 spiro atoms. The SMILES string of the molecule is CCC1CCC(NC(=O)Cc2ccc(OC)cc2Cl)CC1. The highest BCUT2D eigenvalue weighted by atomic mass is 35.5. The number of rotatable bonds is 5. The van der Waals surface area contributed by atoms with E-state index in [-0.39, 0.29) is 5.91 Å². The highest BCUT2D eigenvalue weighted by molar-refractivity contribution is 6.31. The van der Waals surface area contributed by atoms with E-state index in [2.05, 4.69) is 12.2 Å². The fourth-order valence-corrected chi connectivity index (χ4v) is 3.20. The first kappa shape index (κ1) is 16.2. The van der Waals surface area contributed by atoms with Crippen molar-refractivity contribution in [1.29, 1.82) is 0 Å². The highest BCUT2D eigenvalue weighted by Gasteiger charge is 2.21. The summed E-state index contributed by atoms with van der Waals surface area (Å²) in [5.41, 5.74) is 0.845. The molecule has 1 N–H and O–H groups in total. The standard InChI is InChI=1S/C17H24ClNO2/c1-3-12-4-7-14(8-5-12)19-17(20)10-13-6-9-15(21-2)11-16(13)18/h6,9,11-12,14H,3-5,7-8,10H2,1-2H3,(H,19,20). The molecule has 0 saturated heterocycles. The monoisotopic (exact) mass is 309 g/mol. The maximum atomic E-state index is 12.1. The highest BCUT2D eigenvalue weighted by Crippen LogP contribution is 2.27. The summed E-state index contributed by atoms with van der Waals surface area (Å²) in [6, 6.07) is 5.77. The zero-order chi connectivity index (χ0) is 15.2. The number of carbonyl (C=O) groups is 1. The average Bonchev–Trinajstić information content (AvgIpc) is 2.50. The lowest BCUT2D eigenvalue weighted by atomic mass is 9.84. The molecule has 1 aromatic carbocycles. The van der Waals surface area contributed by atoms with Gasteiger partial charge in [-0.15, -0.1) is 0 Å². The van der Waals surface area contributed by atoms with Gasteiger partial charge in [-0.2, -0.15) is 0 Å². The van der Waals surface area contributed by atoms with E-state index < -0.39 is 0 Å². The Hall–Kier alpha value is -1.22. The number of amides is 1. The van der Waals surface area contributed by atoms with Crippen LogP contribution >= 0.6 is 11.6 Å². The zero-order valence-corrected chi connectivity index (χ0v) is 13.6. The molecule has 0 atom stereocenters. The number of methoxy groups -OCH3 is 1. The van der Waals surface area contributed by atoms with Crippen LogP contribution in [0.15, 0.2) is 18.2 Å². The summed E-state index contributed by atoms with van der Waals surface area (Å²) < 4.78 is 5.11. The van der Waals surface area contributed by atoms with Crippen molar-refractivity contribution in [3.8, 4) is 5.75 Å². The second-order valence-corrected chi connectivity index (χ2v) is 6.23. The molecule has 1 fully saturated rings. The van der Waals surface area contributed by atoms with Gasteiger partial charge in [-0.05, 0) is 49.3 Å². The van der Waals surface area contributed by atoms with Crippen LogP contribution in [0, 0.1) is 5.92 Å². The van der Waals surface area contributed by atoms with Gasteiger partial charge in [-0.1, -0.05) is 31.0 Å². The van der Waals surface area contributed by atoms with Gasteiger partial charge < -0.3 is 10.1 Å². The van der Waals surface area contributed by atoms with Gasteiger partial charge in [0.15, 0.2) is 0 Å². The van der Waals surface area contributed by atoms with Crippen molar-refractivity contribution in [2.75, 3.05) is 7.11 Å². The smallest absolute Gasteiger partial charge is 0.224 e. The lowest BCUT2D eigenvalue weighted by molar-refractivity contribution is -0.121. The molecular weight excluding hydrogens is 286 g/mol. The zero-order valence-electron chi connectivity index (χ0n) is 12.8. The van der Waals surface area contributed by atoms with Gasteiger partial charge in [0, 0.05) is 11.1 Å². The minimum atomic E-state index is 0.0574. The van der Waals surface area contributed by atoms with Gasteiger partial charge in [0.1, 0.15) is 5.75 Å². The van der Waals surface area contributed by atoms with Crippen LogP contribution in [0.1, 0.15) is 44.6 Å². The number of hydrogen-bond acceptors (Lipinski definition) is 2. The lowest BCUT2D eigenvalue weighted by Crippen LogP contribution is -2.38. The van der Waals surface area contributed by atoms with E-state index in [1.807, 2.05) is 12.1 Å². The maximum Gasteiger partial charge on any atom is 0.224 e. The van der Waals surface area contributed by atoms with Gasteiger partial charge in [0.05, 0.1) is 13.5 Å². The van der Waals surface area contributed by atoms with E-state index >= 15 is 0 Å². The van der Waals surface area contributed by atoms with Gasteiger partial charge in [0.25, 0.3) is 0 Å². The molecule has 116 valence electrons. The molecule has 1 aliphatic rings. The maximum absolute atomic E-state index is 12.1. The van der Waals surface area contributed by atoms with Crippen molar-refractivity contribution < 1.29 is 9.53 Å². The number of ether oxygens (including phenoxy) is 1. The Bertz CT molecular complexity index is 482. The fraction of sp³-hybridized carbons (Fsp3) is 0.588. The van der Waals surface area contributed by atoms with Crippen molar-refractivity contribution in [3.05, 3.63) is 28.8 Å². The number of nitrogens with one attached hydrogen (secondary N) is 1. The van der Waals surface area contributed by atoms with Crippen LogP contribution in [-0.2, 0) is 11.2 Å². The van der Waals surface area contributed by atoms with Crippen molar-refractivity contribution in [2.45, 2.75) is 51.5 Å². The molecule has 1 aliphatic carbocycles. The van der Waals surface area contributed by atoms with Crippen LogP contribution in [0.25, 0.3) is 0 Å². The molecule has 0 aliphatic heterocycles. The van der Waals surface area contributed by atoms with Gasteiger partial charge in [0.2, 0.25) is 5.91 Å². The minimum Gasteiger partial charge on any atom is -0.497 e. The summed E-state index contributed by atoms with van der Waals surface area (Å²) in [6.07, 6.45) is 6.23. The third-order valence-corrected chi connectivity index (χ3v) is 4.75. The molecule has 0 bridgehead atoms. The van der Waals surface area contributed by atoms with Crippen LogP contribution < -0.4 is 10.1 Å². The van der Waals surface area contributed by atoms with E-state index in [4.69, 9.17) is 16.3 Å². The number of halogens is 1. The Balaban J connectivity index is 1.85. The molecular formula is C17H24ClNO2. The summed E-state index contributed by atoms with van der Waals surface area (Å²) in [6.45, 7) is 2.25. The predicted molar refractivity (Wildman–Crippen MR) is 85.9 cm³/mol. The Labute approximate surface area is 132 Å². The van der Waals surface area contributed by atoms with E-state index in [0.29, 0.717) is 23.2 Å². The Morgan fingerprint density at radius 2 is 2.05 bits per heavy atom. The minimum absolute atomic E-state index is 0.0574.